The van der Waals surface area contributed by atoms with E-state index in [1.165, 1.54) is 12.1 Å². The van der Waals surface area contributed by atoms with Gasteiger partial charge < -0.3 is 10.5 Å². The van der Waals surface area contributed by atoms with Crippen LogP contribution in [0.25, 0.3) is 0 Å². The molecule has 1 aromatic rings. The Kier molecular flexibility index (Phi) is 4.50. The molecule has 2 nitrogen and oxygen atoms in total. The largest absolute Gasteiger partial charge is 0.373 e. The van der Waals surface area contributed by atoms with E-state index in [4.69, 9.17) is 10.5 Å². The molecule has 0 saturated heterocycles. The van der Waals surface area contributed by atoms with Crippen LogP contribution in [0.4, 0.5) is 4.39 Å². The molecule has 0 aliphatic heterocycles. The monoisotopic (exact) mass is 279 g/mol. The van der Waals surface area contributed by atoms with E-state index in [0.29, 0.717) is 12.0 Å². The number of hydrogen-bond donors (Lipinski definition) is 1. The lowest BCUT2D eigenvalue weighted by Gasteiger charge is -2.46. The Hall–Kier alpha value is -0.930. The average Bonchev–Trinajstić information content (AvgIpc) is 2.41. The fourth-order valence-electron chi connectivity index (χ4n) is 3.19. The first kappa shape index (κ1) is 15.5. The standard InChI is InChI=1S/C17H26FNO/c1-4-20-17(10-8-16(2,3)9-11-17)15(19)13-6-5-7-14(18)12-13/h5-7,12,15H,4,8-11,19H2,1-3H3. The first-order valence-corrected chi connectivity index (χ1v) is 7.54. The summed E-state index contributed by atoms with van der Waals surface area (Å²) in [4.78, 5) is 0. The van der Waals surface area contributed by atoms with Crippen LogP contribution < -0.4 is 5.73 Å². The highest BCUT2D eigenvalue weighted by molar-refractivity contribution is 5.23. The van der Waals surface area contributed by atoms with Crippen LogP contribution in [0, 0.1) is 11.2 Å². The van der Waals surface area contributed by atoms with Crippen LogP contribution >= 0.6 is 0 Å². The fourth-order valence-corrected chi connectivity index (χ4v) is 3.19. The van der Waals surface area contributed by atoms with Crippen molar-refractivity contribution in [2.75, 3.05) is 6.61 Å². The molecule has 1 atom stereocenters. The molecular weight excluding hydrogens is 253 g/mol. The van der Waals surface area contributed by atoms with Crippen LogP contribution in [0.1, 0.15) is 58.1 Å². The van der Waals surface area contributed by atoms with Gasteiger partial charge in [0, 0.05) is 6.61 Å². The smallest absolute Gasteiger partial charge is 0.123 e. The highest BCUT2D eigenvalue weighted by Crippen LogP contribution is 2.46. The molecule has 0 amide bonds. The highest BCUT2D eigenvalue weighted by atomic mass is 19.1. The summed E-state index contributed by atoms with van der Waals surface area (Å²) < 4.78 is 19.5. The fraction of sp³-hybridized carbons (Fsp3) is 0.647. The zero-order valence-electron chi connectivity index (χ0n) is 12.8. The third kappa shape index (κ3) is 3.21. The molecule has 0 heterocycles. The number of halogens is 1. The second-order valence-electron chi connectivity index (χ2n) is 6.69. The Balaban J connectivity index is 2.24. The van der Waals surface area contributed by atoms with Crippen molar-refractivity contribution in [2.24, 2.45) is 11.1 Å². The maximum atomic E-state index is 13.4. The van der Waals surface area contributed by atoms with Crippen molar-refractivity contribution in [2.45, 2.75) is 58.1 Å². The molecule has 0 radical (unpaired) electrons. The quantitative estimate of drug-likeness (QED) is 0.896. The Bertz CT molecular complexity index is 448. The third-order valence-corrected chi connectivity index (χ3v) is 4.66. The Morgan fingerprint density at radius 3 is 2.45 bits per heavy atom. The lowest BCUT2D eigenvalue weighted by atomic mass is 9.67. The number of ether oxygens (including phenoxy) is 1. The van der Waals surface area contributed by atoms with Crippen molar-refractivity contribution in [1.82, 2.24) is 0 Å². The maximum Gasteiger partial charge on any atom is 0.123 e. The maximum absolute atomic E-state index is 13.4. The van der Waals surface area contributed by atoms with E-state index in [-0.39, 0.29) is 17.5 Å². The van der Waals surface area contributed by atoms with E-state index in [1.54, 1.807) is 6.07 Å². The summed E-state index contributed by atoms with van der Waals surface area (Å²) in [5, 5.41) is 0. The van der Waals surface area contributed by atoms with Gasteiger partial charge in [-0.05, 0) is 55.7 Å². The molecule has 1 aliphatic carbocycles. The average molecular weight is 279 g/mol. The van der Waals surface area contributed by atoms with Crippen molar-refractivity contribution >= 4 is 0 Å². The van der Waals surface area contributed by atoms with Gasteiger partial charge in [0.2, 0.25) is 0 Å². The van der Waals surface area contributed by atoms with Crippen molar-refractivity contribution in [3.05, 3.63) is 35.6 Å². The van der Waals surface area contributed by atoms with E-state index in [1.807, 2.05) is 13.0 Å². The number of hydrogen-bond acceptors (Lipinski definition) is 2. The molecule has 1 unspecified atom stereocenters. The molecule has 112 valence electrons. The minimum Gasteiger partial charge on any atom is -0.373 e. The van der Waals surface area contributed by atoms with Crippen LogP contribution in [0.2, 0.25) is 0 Å². The number of rotatable bonds is 4. The summed E-state index contributed by atoms with van der Waals surface area (Å²) in [5.74, 6) is -0.235. The Morgan fingerprint density at radius 1 is 1.25 bits per heavy atom. The second kappa shape index (κ2) is 5.82. The van der Waals surface area contributed by atoms with Crippen LogP contribution in [0.3, 0.4) is 0 Å². The van der Waals surface area contributed by atoms with Gasteiger partial charge in [-0.3, -0.25) is 0 Å². The van der Waals surface area contributed by atoms with Gasteiger partial charge in [-0.2, -0.15) is 0 Å². The van der Waals surface area contributed by atoms with Crippen LogP contribution in [-0.4, -0.2) is 12.2 Å². The number of nitrogens with two attached hydrogens (primary N) is 1. The van der Waals surface area contributed by atoms with Gasteiger partial charge in [-0.15, -0.1) is 0 Å². The molecule has 20 heavy (non-hydrogen) atoms. The van der Waals surface area contributed by atoms with E-state index in [9.17, 15) is 4.39 Å². The van der Waals surface area contributed by atoms with E-state index in [0.717, 1.165) is 31.2 Å². The summed E-state index contributed by atoms with van der Waals surface area (Å²) in [7, 11) is 0. The van der Waals surface area contributed by atoms with Crippen molar-refractivity contribution in [1.29, 1.82) is 0 Å². The Labute approximate surface area is 121 Å². The van der Waals surface area contributed by atoms with Gasteiger partial charge in [-0.25, -0.2) is 4.39 Å². The van der Waals surface area contributed by atoms with Crippen molar-refractivity contribution < 1.29 is 9.13 Å². The molecule has 0 bridgehead atoms. The van der Waals surface area contributed by atoms with Crippen molar-refractivity contribution in [3.63, 3.8) is 0 Å². The first-order valence-electron chi connectivity index (χ1n) is 7.54. The summed E-state index contributed by atoms with van der Waals surface area (Å²) >= 11 is 0. The highest BCUT2D eigenvalue weighted by Gasteiger charge is 2.43. The Morgan fingerprint density at radius 2 is 1.90 bits per heavy atom. The van der Waals surface area contributed by atoms with Gasteiger partial charge >= 0.3 is 0 Å². The van der Waals surface area contributed by atoms with Gasteiger partial charge in [0.25, 0.3) is 0 Å². The third-order valence-electron chi connectivity index (χ3n) is 4.66. The second-order valence-corrected chi connectivity index (χ2v) is 6.69. The number of benzene rings is 1. The zero-order chi connectivity index (χ0) is 14.8. The minimum absolute atomic E-state index is 0.235. The van der Waals surface area contributed by atoms with Gasteiger partial charge in [-0.1, -0.05) is 26.0 Å². The predicted molar refractivity (Wildman–Crippen MR) is 79.9 cm³/mol. The zero-order valence-corrected chi connectivity index (χ0v) is 12.8. The molecule has 1 saturated carbocycles. The molecule has 1 fully saturated rings. The van der Waals surface area contributed by atoms with Gasteiger partial charge in [0.1, 0.15) is 5.82 Å². The first-order chi connectivity index (χ1) is 9.38. The molecular formula is C17H26FNO. The van der Waals surface area contributed by atoms with Gasteiger partial charge in [0.05, 0.1) is 11.6 Å². The van der Waals surface area contributed by atoms with E-state index < -0.39 is 0 Å². The van der Waals surface area contributed by atoms with Crippen LogP contribution in [0.15, 0.2) is 24.3 Å². The summed E-state index contributed by atoms with van der Waals surface area (Å²) in [6, 6.07) is 6.33. The summed E-state index contributed by atoms with van der Waals surface area (Å²) in [6.45, 7) is 7.22. The molecule has 2 N–H and O–H groups in total. The summed E-state index contributed by atoms with van der Waals surface area (Å²) in [6.07, 6.45) is 4.06. The van der Waals surface area contributed by atoms with Crippen LogP contribution in [0.5, 0.6) is 0 Å². The minimum atomic E-state index is -0.349. The lowest BCUT2D eigenvalue weighted by Crippen LogP contribution is -2.48. The van der Waals surface area contributed by atoms with E-state index in [2.05, 4.69) is 13.8 Å². The van der Waals surface area contributed by atoms with E-state index >= 15 is 0 Å². The lowest BCUT2D eigenvalue weighted by molar-refractivity contribution is -0.100. The molecule has 1 aromatic carbocycles. The van der Waals surface area contributed by atoms with Gasteiger partial charge in [0.15, 0.2) is 0 Å². The topological polar surface area (TPSA) is 35.2 Å². The molecule has 3 heteroatoms. The molecule has 0 spiro atoms. The molecule has 0 aromatic heterocycles. The van der Waals surface area contributed by atoms with Crippen molar-refractivity contribution in [3.8, 4) is 0 Å². The molecule has 1 aliphatic rings. The summed E-state index contributed by atoms with van der Waals surface area (Å²) in [5.41, 5.74) is 7.29. The normalized spacial score (nSPS) is 22.4. The van der Waals surface area contributed by atoms with Crippen LogP contribution in [-0.2, 0) is 4.74 Å². The SMILES string of the molecule is CCOC1(C(N)c2cccc(F)c2)CCC(C)(C)CC1. The predicted octanol–water partition coefficient (Wildman–Crippen LogP) is 4.20. The molecule has 2 rings (SSSR count).